The maximum absolute atomic E-state index is 8.88. The maximum atomic E-state index is 8.88. The second kappa shape index (κ2) is 6.21. The number of nitrogens with one attached hydrogen (secondary N) is 1. The number of hydrogen-bond acceptors (Lipinski definition) is 3. The lowest BCUT2D eigenvalue weighted by atomic mass is 9.95. The number of nitrogens with zero attached hydrogens (tertiary/aromatic N) is 1. The van der Waals surface area contributed by atoms with E-state index in [1.807, 2.05) is 35.6 Å². The molecule has 3 heteroatoms. The van der Waals surface area contributed by atoms with E-state index in [0.29, 0.717) is 0 Å². The molecule has 0 saturated heterocycles. The van der Waals surface area contributed by atoms with Crippen LogP contribution in [0.15, 0.2) is 36.4 Å². The average molecular weight is 284 g/mol. The predicted molar refractivity (Wildman–Crippen MR) is 84.7 cm³/mol. The summed E-state index contributed by atoms with van der Waals surface area (Å²) < 4.78 is 0. The van der Waals surface area contributed by atoms with Crippen LogP contribution >= 0.6 is 11.3 Å². The molecule has 0 unspecified atom stereocenters. The minimum Gasteiger partial charge on any atom is -0.308 e. The minimum atomic E-state index is 0.226. The van der Waals surface area contributed by atoms with Crippen LogP contribution in [-0.4, -0.2) is 0 Å². The van der Waals surface area contributed by atoms with Crippen LogP contribution in [-0.2, 0) is 18.5 Å². The van der Waals surface area contributed by atoms with E-state index in [1.165, 1.54) is 9.75 Å². The Morgan fingerprint density at radius 3 is 2.60 bits per heavy atom. The number of hydrogen-bond donors (Lipinski definition) is 1. The highest BCUT2D eigenvalue weighted by Crippen LogP contribution is 2.29. The molecular formula is C17H20N2S. The van der Waals surface area contributed by atoms with Crippen molar-refractivity contribution in [2.75, 3.05) is 0 Å². The normalized spacial score (nSPS) is 11.3. The van der Waals surface area contributed by atoms with Gasteiger partial charge in [0.1, 0.15) is 0 Å². The third-order valence-electron chi connectivity index (χ3n) is 3.09. The molecule has 0 spiro atoms. The molecule has 2 nitrogen and oxygen atoms in total. The Morgan fingerprint density at radius 1 is 1.15 bits per heavy atom. The summed E-state index contributed by atoms with van der Waals surface area (Å²) in [6, 6.07) is 14.3. The van der Waals surface area contributed by atoms with Crippen molar-refractivity contribution < 1.29 is 0 Å². The summed E-state index contributed by atoms with van der Waals surface area (Å²) >= 11 is 1.87. The van der Waals surface area contributed by atoms with Crippen molar-refractivity contribution in [3.05, 3.63) is 57.3 Å². The summed E-state index contributed by atoms with van der Waals surface area (Å²) in [5.74, 6) is 0. The first-order chi connectivity index (χ1) is 9.49. The third-order valence-corrected chi connectivity index (χ3v) is 4.60. The predicted octanol–water partition coefficient (Wildman–Crippen LogP) is 4.21. The largest absolute Gasteiger partial charge is 0.308 e. The molecule has 0 amide bonds. The van der Waals surface area contributed by atoms with Gasteiger partial charge in [0.05, 0.1) is 11.6 Å². The number of rotatable bonds is 4. The van der Waals surface area contributed by atoms with Crippen molar-refractivity contribution in [3.8, 4) is 6.07 Å². The number of thiophene rings is 1. The summed E-state index contributed by atoms with van der Waals surface area (Å²) in [5.41, 5.74) is 2.09. The van der Waals surface area contributed by atoms with Crippen LogP contribution in [0.5, 0.6) is 0 Å². The van der Waals surface area contributed by atoms with E-state index in [9.17, 15) is 0 Å². The summed E-state index contributed by atoms with van der Waals surface area (Å²) in [5, 5.41) is 12.3. The zero-order valence-corrected chi connectivity index (χ0v) is 13.1. The smallest absolute Gasteiger partial charge is 0.0991 e. The molecule has 0 radical (unpaired) electrons. The Balaban J connectivity index is 1.90. The Hall–Kier alpha value is -1.63. The average Bonchev–Trinajstić information content (AvgIpc) is 2.88. The zero-order valence-electron chi connectivity index (χ0n) is 12.2. The van der Waals surface area contributed by atoms with E-state index in [-0.39, 0.29) is 5.41 Å². The topological polar surface area (TPSA) is 35.8 Å². The Kier molecular flexibility index (Phi) is 4.59. The van der Waals surface area contributed by atoms with Gasteiger partial charge in [0.2, 0.25) is 0 Å². The molecular weight excluding hydrogens is 264 g/mol. The third kappa shape index (κ3) is 3.93. The zero-order chi connectivity index (χ0) is 14.6. The molecule has 2 rings (SSSR count). The summed E-state index contributed by atoms with van der Waals surface area (Å²) in [6.07, 6.45) is 0. The Labute approximate surface area is 125 Å². The quantitative estimate of drug-likeness (QED) is 0.913. The van der Waals surface area contributed by atoms with Gasteiger partial charge >= 0.3 is 0 Å². The van der Waals surface area contributed by atoms with Gasteiger partial charge in [-0.25, -0.2) is 0 Å². The van der Waals surface area contributed by atoms with Gasteiger partial charge in [0, 0.05) is 22.8 Å². The molecule has 0 bridgehead atoms. The molecule has 1 aromatic heterocycles. The highest BCUT2D eigenvalue weighted by Gasteiger charge is 2.15. The van der Waals surface area contributed by atoms with Crippen molar-refractivity contribution in [1.82, 2.24) is 5.32 Å². The van der Waals surface area contributed by atoms with Crippen molar-refractivity contribution in [1.29, 1.82) is 5.26 Å². The Bertz CT molecular complexity index is 614. The van der Waals surface area contributed by atoms with E-state index in [1.54, 1.807) is 0 Å². The fourth-order valence-electron chi connectivity index (χ4n) is 1.96. The van der Waals surface area contributed by atoms with Crippen molar-refractivity contribution in [2.24, 2.45) is 0 Å². The van der Waals surface area contributed by atoms with Crippen molar-refractivity contribution in [3.63, 3.8) is 0 Å². The molecule has 1 heterocycles. The molecule has 0 aliphatic heterocycles. The first-order valence-corrected chi connectivity index (χ1v) is 7.59. The van der Waals surface area contributed by atoms with E-state index in [0.717, 1.165) is 24.2 Å². The lowest BCUT2D eigenvalue weighted by Crippen LogP contribution is -2.12. The molecule has 0 aliphatic carbocycles. The molecule has 0 saturated carbocycles. The van der Waals surface area contributed by atoms with Gasteiger partial charge in [-0.1, -0.05) is 32.9 Å². The lowest BCUT2D eigenvalue weighted by molar-refractivity contribution is 0.604. The van der Waals surface area contributed by atoms with E-state index < -0.39 is 0 Å². The standard InChI is InChI=1S/C17H20N2S/c1-17(2,3)16-8-7-15(20-16)12-19-11-14-6-4-5-13(9-14)10-18/h4-9,19H,11-12H2,1-3H3. The molecule has 0 aliphatic rings. The van der Waals surface area contributed by atoms with Crippen LogP contribution in [0.2, 0.25) is 0 Å². The van der Waals surface area contributed by atoms with Crippen molar-refractivity contribution >= 4 is 11.3 Å². The van der Waals surface area contributed by atoms with E-state index in [4.69, 9.17) is 5.26 Å². The fraction of sp³-hybridized carbons (Fsp3) is 0.353. The summed E-state index contributed by atoms with van der Waals surface area (Å²) in [6.45, 7) is 8.38. The molecule has 2 aromatic rings. The SMILES string of the molecule is CC(C)(C)c1ccc(CNCc2cccc(C#N)c2)s1. The first kappa shape index (κ1) is 14.8. The number of nitriles is 1. The maximum Gasteiger partial charge on any atom is 0.0991 e. The molecule has 1 aromatic carbocycles. The van der Waals surface area contributed by atoms with Gasteiger partial charge in [-0.3, -0.25) is 0 Å². The summed E-state index contributed by atoms with van der Waals surface area (Å²) in [4.78, 5) is 2.77. The van der Waals surface area contributed by atoms with Crippen LogP contribution in [0.25, 0.3) is 0 Å². The van der Waals surface area contributed by atoms with Gasteiger partial charge in [0.25, 0.3) is 0 Å². The Morgan fingerprint density at radius 2 is 1.95 bits per heavy atom. The molecule has 104 valence electrons. The van der Waals surface area contributed by atoms with Gasteiger partial charge in [0.15, 0.2) is 0 Å². The minimum absolute atomic E-state index is 0.226. The number of benzene rings is 1. The summed E-state index contributed by atoms with van der Waals surface area (Å²) in [7, 11) is 0. The molecule has 20 heavy (non-hydrogen) atoms. The van der Waals surface area contributed by atoms with Crippen LogP contribution < -0.4 is 5.32 Å². The molecule has 0 fully saturated rings. The first-order valence-electron chi connectivity index (χ1n) is 6.78. The fourth-order valence-corrected chi connectivity index (χ4v) is 2.99. The lowest BCUT2D eigenvalue weighted by Gasteiger charge is -2.15. The van der Waals surface area contributed by atoms with Crippen LogP contribution in [0.3, 0.4) is 0 Å². The van der Waals surface area contributed by atoms with Gasteiger partial charge in [-0.2, -0.15) is 5.26 Å². The second-order valence-corrected chi connectivity index (χ2v) is 7.10. The van der Waals surface area contributed by atoms with Crippen molar-refractivity contribution in [2.45, 2.75) is 39.3 Å². The van der Waals surface area contributed by atoms with Gasteiger partial charge in [-0.05, 0) is 35.2 Å². The highest BCUT2D eigenvalue weighted by molar-refractivity contribution is 7.12. The van der Waals surface area contributed by atoms with E-state index >= 15 is 0 Å². The second-order valence-electron chi connectivity index (χ2n) is 5.93. The molecule has 1 N–H and O–H groups in total. The van der Waals surface area contributed by atoms with Crippen LogP contribution in [0.1, 0.15) is 41.7 Å². The monoisotopic (exact) mass is 284 g/mol. The van der Waals surface area contributed by atoms with Gasteiger partial charge in [-0.15, -0.1) is 11.3 Å². The highest BCUT2D eigenvalue weighted by atomic mass is 32.1. The van der Waals surface area contributed by atoms with Gasteiger partial charge < -0.3 is 5.32 Å². The van der Waals surface area contributed by atoms with Crippen LogP contribution in [0.4, 0.5) is 0 Å². The van der Waals surface area contributed by atoms with E-state index in [2.05, 4.69) is 44.3 Å². The molecule has 0 atom stereocenters. The van der Waals surface area contributed by atoms with Crippen LogP contribution in [0, 0.1) is 11.3 Å².